The van der Waals surface area contributed by atoms with Crippen molar-refractivity contribution in [3.05, 3.63) is 36.7 Å². The lowest BCUT2D eigenvalue weighted by molar-refractivity contribution is 0.0817. The van der Waals surface area contributed by atoms with E-state index < -0.39 is 8.07 Å². The lowest BCUT2D eigenvalue weighted by atomic mass is 10.1. The predicted molar refractivity (Wildman–Crippen MR) is 143 cm³/mol. The van der Waals surface area contributed by atoms with Crippen LogP contribution in [0.15, 0.2) is 41.1 Å². The Morgan fingerprint density at radius 3 is 2.91 bits per heavy atom. The fourth-order valence-corrected chi connectivity index (χ4v) is 5.26. The predicted octanol–water partition coefficient (Wildman–Crippen LogP) is 4.67. The molecule has 35 heavy (non-hydrogen) atoms. The van der Waals surface area contributed by atoms with E-state index >= 15 is 0 Å². The van der Waals surface area contributed by atoms with Gasteiger partial charge in [0.15, 0.2) is 11.4 Å². The summed E-state index contributed by atoms with van der Waals surface area (Å²) in [6.07, 6.45) is 4.69. The molecule has 0 spiro atoms. The molecule has 1 atom stereocenters. The van der Waals surface area contributed by atoms with E-state index in [2.05, 4.69) is 52.4 Å². The van der Waals surface area contributed by atoms with Crippen molar-refractivity contribution in [3.63, 3.8) is 0 Å². The summed E-state index contributed by atoms with van der Waals surface area (Å²) in [7, 11) is 0.888. The van der Waals surface area contributed by atoms with Crippen LogP contribution in [-0.4, -0.2) is 61.1 Å². The second kappa shape index (κ2) is 9.96. The van der Waals surface area contributed by atoms with E-state index in [0.29, 0.717) is 18.6 Å². The highest BCUT2D eigenvalue weighted by Crippen LogP contribution is 2.31. The van der Waals surface area contributed by atoms with Crippen molar-refractivity contribution in [1.29, 1.82) is 0 Å². The monoisotopic (exact) mass is 493 g/mol. The first kappa shape index (κ1) is 23.8. The number of furan rings is 1. The van der Waals surface area contributed by atoms with E-state index in [0.717, 1.165) is 72.2 Å². The Balaban J connectivity index is 1.35. The van der Waals surface area contributed by atoms with Gasteiger partial charge in [-0.2, -0.15) is 10.1 Å². The normalized spacial score (nSPS) is 16.6. The van der Waals surface area contributed by atoms with Crippen molar-refractivity contribution < 1.29 is 9.15 Å². The molecule has 1 fully saturated rings. The van der Waals surface area contributed by atoms with Gasteiger partial charge in [-0.1, -0.05) is 19.6 Å². The van der Waals surface area contributed by atoms with Crippen molar-refractivity contribution in [2.24, 2.45) is 5.92 Å². The van der Waals surface area contributed by atoms with Crippen LogP contribution in [0.2, 0.25) is 25.7 Å². The lowest BCUT2D eigenvalue weighted by Crippen LogP contribution is -2.25. The summed E-state index contributed by atoms with van der Waals surface area (Å²) in [5.41, 5.74) is 3.47. The zero-order valence-corrected chi connectivity index (χ0v) is 22.0. The molecule has 4 heterocycles. The van der Waals surface area contributed by atoms with Gasteiger partial charge in [-0.15, -0.1) is 0 Å². The smallest absolute Gasteiger partial charge is 0.229 e. The number of nitrogens with zero attached hydrogens (tertiary/aromatic N) is 5. The Bertz CT molecular complexity index is 1300. The molecule has 1 unspecified atom stereocenters. The van der Waals surface area contributed by atoms with Gasteiger partial charge in [-0.05, 0) is 50.2 Å². The molecule has 1 saturated heterocycles. The minimum absolute atomic E-state index is 0.446. The Morgan fingerprint density at radius 1 is 1.20 bits per heavy atom. The first-order valence-corrected chi connectivity index (χ1v) is 16.1. The zero-order valence-electron chi connectivity index (χ0n) is 21.0. The summed E-state index contributed by atoms with van der Waals surface area (Å²) in [4.78, 5) is 11.9. The third-order valence-corrected chi connectivity index (χ3v) is 8.18. The van der Waals surface area contributed by atoms with E-state index in [1.54, 1.807) is 6.26 Å². The van der Waals surface area contributed by atoms with E-state index in [9.17, 15) is 0 Å². The molecule has 186 valence electrons. The molecule has 0 saturated carbocycles. The number of fused-ring (bicyclic) bond motifs is 2. The molecule has 0 aliphatic carbocycles. The molecule has 1 aromatic carbocycles. The number of aromatic nitrogens is 4. The Hall–Kier alpha value is -2.95. The average Bonchev–Trinajstić information content (AvgIpc) is 3.56. The second-order valence-electron chi connectivity index (χ2n) is 10.6. The highest BCUT2D eigenvalue weighted by atomic mass is 28.3. The van der Waals surface area contributed by atoms with E-state index in [-0.39, 0.29) is 0 Å². The van der Waals surface area contributed by atoms with Crippen molar-refractivity contribution >= 4 is 47.5 Å². The summed E-state index contributed by atoms with van der Waals surface area (Å²) >= 11 is 0. The highest BCUT2D eigenvalue weighted by Gasteiger charge is 2.26. The van der Waals surface area contributed by atoms with Gasteiger partial charge in [0, 0.05) is 44.9 Å². The van der Waals surface area contributed by atoms with Crippen LogP contribution in [0.25, 0.3) is 22.0 Å². The van der Waals surface area contributed by atoms with Gasteiger partial charge in [0.1, 0.15) is 12.2 Å². The molecule has 5 rings (SSSR count). The van der Waals surface area contributed by atoms with Crippen molar-refractivity contribution in [1.82, 2.24) is 25.1 Å². The summed E-state index contributed by atoms with van der Waals surface area (Å²) < 4.78 is 13.6. The molecule has 0 bridgehead atoms. The number of hydrogen-bond donors (Lipinski definition) is 2. The topological polar surface area (TPSA) is 93.3 Å². The van der Waals surface area contributed by atoms with Crippen LogP contribution >= 0.6 is 0 Å². The van der Waals surface area contributed by atoms with Crippen molar-refractivity contribution in [3.8, 4) is 0 Å². The van der Waals surface area contributed by atoms with Gasteiger partial charge in [0.2, 0.25) is 5.95 Å². The molecule has 4 aromatic rings. The minimum atomic E-state index is -1.11. The van der Waals surface area contributed by atoms with Crippen LogP contribution < -0.4 is 15.5 Å². The molecule has 2 N–H and O–H groups in total. The zero-order chi connectivity index (χ0) is 24.4. The van der Waals surface area contributed by atoms with Crippen LogP contribution in [-0.2, 0) is 11.5 Å². The first-order valence-electron chi connectivity index (χ1n) is 12.3. The molecule has 3 aromatic heterocycles. The minimum Gasteiger partial charge on any atom is -0.459 e. The average molecular weight is 494 g/mol. The maximum absolute atomic E-state index is 5.93. The molecule has 0 radical (unpaired) electrons. The molecule has 9 nitrogen and oxygen atoms in total. The third kappa shape index (κ3) is 5.49. The number of hydrogen-bond acceptors (Lipinski definition) is 8. The summed E-state index contributed by atoms with van der Waals surface area (Å²) in [5.74, 6) is 2.01. The van der Waals surface area contributed by atoms with Crippen LogP contribution in [0.1, 0.15) is 6.42 Å². The standard InChI is InChI=1S/C25H35N7O2Si/c1-26-14-18-7-9-31(16-18)24-23-21(8-10-34-23)29-25(30-24)28-20-6-5-19-15-27-32(22(19)13-20)17-33-11-12-35(2,3)4/h5-6,8,10,13,15,18,26H,7,9,11-12,14,16-17H2,1-4H3,(H,28,29,30). The quantitative estimate of drug-likeness (QED) is 0.243. The summed E-state index contributed by atoms with van der Waals surface area (Å²) in [6, 6.07) is 9.20. The maximum Gasteiger partial charge on any atom is 0.229 e. The summed E-state index contributed by atoms with van der Waals surface area (Å²) in [6.45, 7) is 11.2. The lowest BCUT2D eigenvalue weighted by Gasteiger charge is -2.18. The Labute approximate surface area is 206 Å². The molecular weight excluding hydrogens is 458 g/mol. The van der Waals surface area contributed by atoms with Gasteiger partial charge in [0.25, 0.3) is 0 Å². The van der Waals surface area contributed by atoms with Crippen molar-refractivity contribution in [2.45, 2.75) is 38.8 Å². The number of nitrogens with one attached hydrogen (secondary N) is 2. The third-order valence-electron chi connectivity index (χ3n) is 6.47. The van der Waals surface area contributed by atoms with E-state index in [4.69, 9.17) is 19.1 Å². The van der Waals surface area contributed by atoms with Gasteiger partial charge in [0.05, 0.1) is 18.0 Å². The fourth-order valence-electron chi connectivity index (χ4n) is 4.51. The van der Waals surface area contributed by atoms with Crippen LogP contribution in [0.4, 0.5) is 17.5 Å². The Morgan fingerprint density at radius 2 is 2.09 bits per heavy atom. The van der Waals surface area contributed by atoms with Gasteiger partial charge >= 0.3 is 0 Å². The molecule has 0 amide bonds. The van der Waals surface area contributed by atoms with Gasteiger partial charge < -0.3 is 24.7 Å². The number of benzene rings is 1. The second-order valence-corrected chi connectivity index (χ2v) is 16.2. The van der Waals surface area contributed by atoms with Crippen LogP contribution in [0.5, 0.6) is 0 Å². The summed E-state index contributed by atoms with van der Waals surface area (Å²) in [5, 5.41) is 12.3. The Kier molecular flexibility index (Phi) is 6.77. The SMILES string of the molecule is CNCC1CCN(c2nc(Nc3ccc4cnn(COCC[Si](C)(C)C)c4c3)nc3ccoc23)C1. The van der Waals surface area contributed by atoms with Crippen LogP contribution in [0.3, 0.4) is 0 Å². The molecule has 10 heteroatoms. The molecule has 1 aliphatic heterocycles. The highest BCUT2D eigenvalue weighted by molar-refractivity contribution is 6.76. The number of rotatable bonds is 10. The number of ether oxygens (including phenoxy) is 1. The molecular formula is C25H35N7O2Si. The molecule has 1 aliphatic rings. The maximum atomic E-state index is 5.93. The largest absolute Gasteiger partial charge is 0.459 e. The first-order chi connectivity index (χ1) is 16.9. The van der Waals surface area contributed by atoms with Crippen molar-refractivity contribution in [2.75, 3.05) is 43.5 Å². The van der Waals surface area contributed by atoms with Gasteiger partial charge in [-0.25, -0.2) is 9.67 Å². The van der Waals surface area contributed by atoms with Crippen LogP contribution in [0, 0.1) is 5.92 Å². The van der Waals surface area contributed by atoms with E-state index in [1.807, 2.05) is 30.1 Å². The number of anilines is 3. The van der Waals surface area contributed by atoms with Gasteiger partial charge in [-0.3, -0.25) is 0 Å². The van der Waals surface area contributed by atoms with E-state index in [1.165, 1.54) is 0 Å². The fraction of sp³-hybridized carbons (Fsp3) is 0.480.